The average molecular weight is 532 g/mol. The molecular weight excluding hydrogens is 499 g/mol. The van der Waals surface area contributed by atoms with Gasteiger partial charge in [0.25, 0.3) is 0 Å². The van der Waals surface area contributed by atoms with Crippen LogP contribution in [-0.2, 0) is 24.1 Å². The second kappa shape index (κ2) is 13.5. The van der Waals surface area contributed by atoms with Gasteiger partial charge in [-0.05, 0) is 25.7 Å². The number of sulfone groups is 1. The lowest BCUT2D eigenvalue weighted by Crippen LogP contribution is -2.41. The maximum atomic E-state index is 11.9. The van der Waals surface area contributed by atoms with Crippen LogP contribution in [0.15, 0.2) is 4.99 Å². The Labute approximate surface area is 184 Å². The summed E-state index contributed by atoms with van der Waals surface area (Å²) in [6.45, 7) is 3.31. The van der Waals surface area contributed by atoms with Crippen LogP contribution in [0.4, 0.5) is 0 Å². The monoisotopic (exact) mass is 532 g/mol. The molecule has 2 aliphatic heterocycles. The molecule has 11 heteroatoms. The van der Waals surface area contributed by atoms with Crippen LogP contribution < -0.4 is 16.0 Å². The van der Waals surface area contributed by atoms with Gasteiger partial charge in [-0.25, -0.2) is 8.42 Å². The highest BCUT2D eigenvalue weighted by atomic mass is 127. The number of ether oxygens (including phenoxy) is 2. The van der Waals surface area contributed by atoms with Crippen molar-refractivity contribution in [1.82, 2.24) is 16.0 Å². The fourth-order valence-corrected chi connectivity index (χ4v) is 4.77. The number of halogens is 1. The zero-order valence-electron chi connectivity index (χ0n) is 16.4. The van der Waals surface area contributed by atoms with Crippen LogP contribution in [0.1, 0.15) is 32.1 Å². The molecular formula is C17H33IN4O5S. The topological polar surface area (TPSA) is 118 Å². The predicted octanol–water partition coefficient (Wildman–Crippen LogP) is 0.0485. The summed E-state index contributed by atoms with van der Waals surface area (Å²) in [5.41, 5.74) is 0. The zero-order chi connectivity index (χ0) is 19.5. The molecule has 2 unspecified atom stereocenters. The van der Waals surface area contributed by atoms with Gasteiger partial charge in [0.1, 0.15) is 0 Å². The number of carbonyl (C=O) groups is 1. The zero-order valence-corrected chi connectivity index (χ0v) is 19.6. The summed E-state index contributed by atoms with van der Waals surface area (Å²) in [4.78, 5) is 16.0. The van der Waals surface area contributed by atoms with Crippen molar-refractivity contribution in [3.8, 4) is 0 Å². The number of amides is 1. The Kier molecular flexibility index (Phi) is 12.3. The van der Waals surface area contributed by atoms with Gasteiger partial charge in [0, 0.05) is 45.8 Å². The molecule has 2 heterocycles. The van der Waals surface area contributed by atoms with Gasteiger partial charge in [-0.2, -0.15) is 0 Å². The van der Waals surface area contributed by atoms with E-state index in [0.717, 1.165) is 32.4 Å². The Hall–Kier alpha value is -0.660. The third-order valence-corrected chi connectivity index (χ3v) is 6.32. The highest BCUT2D eigenvalue weighted by molar-refractivity contribution is 14.0. The molecule has 2 rings (SSSR count). The Balaban J connectivity index is 0.00000392. The predicted molar refractivity (Wildman–Crippen MR) is 119 cm³/mol. The molecule has 0 aliphatic carbocycles. The largest absolute Gasteiger partial charge is 0.379 e. The van der Waals surface area contributed by atoms with Crippen LogP contribution in [0.3, 0.4) is 0 Å². The van der Waals surface area contributed by atoms with Gasteiger partial charge >= 0.3 is 0 Å². The van der Waals surface area contributed by atoms with E-state index in [9.17, 15) is 13.2 Å². The summed E-state index contributed by atoms with van der Waals surface area (Å²) in [5, 5.41) is 9.02. The molecule has 0 saturated carbocycles. The molecule has 164 valence electrons. The lowest BCUT2D eigenvalue weighted by Gasteiger charge is -2.14. The van der Waals surface area contributed by atoms with Gasteiger partial charge in [0.2, 0.25) is 5.91 Å². The first-order valence-corrected chi connectivity index (χ1v) is 11.4. The summed E-state index contributed by atoms with van der Waals surface area (Å²) in [6.07, 6.45) is 4.07. The van der Waals surface area contributed by atoms with Crippen molar-refractivity contribution in [3.63, 3.8) is 0 Å². The maximum absolute atomic E-state index is 11.9. The van der Waals surface area contributed by atoms with Gasteiger partial charge in [-0.1, -0.05) is 0 Å². The second-order valence-corrected chi connectivity index (χ2v) is 9.14. The molecule has 28 heavy (non-hydrogen) atoms. The first-order valence-electron chi connectivity index (χ1n) is 9.62. The van der Waals surface area contributed by atoms with Crippen LogP contribution in [0.5, 0.6) is 0 Å². The summed E-state index contributed by atoms with van der Waals surface area (Å²) < 4.78 is 33.9. The maximum Gasteiger partial charge on any atom is 0.222 e. The van der Waals surface area contributed by atoms with E-state index >= 15 is 0 Å². The SMILES string of the molecule is CN=C(NCCCOCC1CCCO1)NCCC(=O)NC1CCS(=O)(=O)C1.I. The van der Waals surface area contributed by atoms with Crippen molar-refractivity contribution in [2.24, 2.45) is 4.99 Å². The standard InChI is InChI=1S/C17H32N4O5S.HI/c1-18-17(19-7-3-9-25-12-15-4-2-10-26-15)20-8-5-16(22)21-14-6-11-27(23,24)13-14;/h14-15H,2-13H2,1H3,(H,21,22)(H2,18,19,20);1H. The molecule has 0 aromatic carbocycles. The molecule has 9 nitrogen and oxygen atoms in total. The second-order valence-electron chi connectivity index (χ2n) is 6.91. The molecule has 0 aromatic heterocycles. The molecule has 0 spiro atoms. The minimum Gasteiger partial charge on any atom is -0.379 e. The van der Waals surface area contributed by atoms with Crippen molar-refractivity contribution >= 4 is 45.7 Å². The molecule has 0 radical (unpaired) electrons. The van der Waals surface area contributed by atoms with Gasteiger partial charge < -0.3 is 25.4 Å². The van der Waals surface area contributed by atoms with Gasteiger partial charge in [-0.3, -0.25) is 9.79 Å². The van der Waals surface area contributed by atoms with Crippen LogP contribution in [0.25, 0.3) is 0 Å². The number of aliphatic imine (C=N–C) groups is 1. The molecule has 2 aliphatic rings. The smallest absolute Gasteiger partial charge is 0.222 e. The van der Waals surface area contributed by atoms with E-state index in [1.54, 1.807) is 7.05 Å². The normalized spacial score (nSPS) is 23.8. The highest BCUT2D eigenvalue weighted by Gasteiger charge is 2.28. The van der Waals surface area contributed by atoms with Crippen LogP contribution in [-0.4, -0.2) is 83.9 Å². The third kappa shape index (κ3) is 10.2. The van der Waals surface area contributed by atoms with E-state index < -0.39 is 9.84 Å². The van der Waals surface area contributed by atoms with Crippen LogP contribution >= 0.6 is 24.0 Å². The number of carbonyl (C=O) groups excluding carboxylic acids is 1. The summed E-state index contributed by atoms with van der Waals surface area (Å²) in [7, 11) is -1.30. The minimum absolute atomic E-state index is 0. The van der Waals surface area contributed by atoms with Crippen LogP contribution in [0.2, 0.25) is 0 Å². The van der Waals surface area contributed by atoms with Gasteiger partial charge in [-0.15, -0.1) is 24.0 Å². The van der Waals surface area contributed by atoms with Crippen molar-refractivity contribution in [1.29, 1.82) is 0 Å². The Morgan fingerprint density at radius 3 is 2.68 bits per heavy atom. The van der Waals surface area contributed by atoms with Crippen molar-refractivity contribution in [3.05, 3.63) is 0 Å². The third-order valence-electron chi connectivity index (χ3n) is 4.55. The lowest BCUT2D eigenvalue weighted by molar-refractivity contribution is -0.121. The summed E-state index contributed by atoms with van der Waals surface area (Å²) in [5.74, 6) is 0.682. The Morgan fingerprint density at radius 2 is 2.04 bits per heavy atom. The molecule has 3 N–H and O–H groups in total. The van der Waals surface area contributed by atoms with E-state index in [1.807, 2.05) is 0 Å². The lowest BCUT2D eigenvalue weighted by atomic mass is 10.2. The average Bonchev–Trinajstić information content (AvgIpc) is 3.25. The van der Waals surface area contributed by atoms with Gasteiger partial charge in [0.05, 0.1) is 24.2 Å². The van der Waals surface area contributed by atoms with E-state index in [4.69, 9.17) is 9.47 Å². The van der Waals surface area contributed by atoms with Gasteiger partial charge in [0.15, 0.2) is 15.8 Å². The van der Waals surface area contributed by atoms with E-state index in [-0.39, 0.29) is 60.0 Å². The Morgan fingerprint density at radius 1 is 1.25 bits per heavy atom. The molecule has 0 aromatic rings. The minimum atomic E-state index is -2.98. The first-order chi connectivity index (χ1) is 13.0. The Bertz CT molecular complexity index is 596. The number of nitrogens with zero attached hydrogens (tertiary/aromatic N) is 1. The first kappa shape index (κ1) is 25.4. The van der Waals surface area contributed by atoms with Crippen LogP contribution in [0, 0.1) is 0 Å². The number of hydrogen-bond donors (Lipinski definition) is 3. The van der Waals surface area contributed by atoms with E-state index in [1.165, 1.54) is 0 Å². The van der Waals surface area contributed by atoms with E-state index in [0.29, 0.717) is 32.1 Å². The molecule has 2 fully saturated rings. The molecule has 1 amide bonds. The highest BCUT2D eigenvalue weighted by Crippen LogP contribution is 2.12. The molecule has 0 bridgehead atoms. The quantitative estimate of drug-likeness (QED) is 0.158. The molecule has 2 atom stereocenters. The molecule has 2 saturated heterocycles. The van der Waals surface area contributed by atoms with Crippen molar-refractivity contribution in [2.45, 2.75) is 44.2 Å². The fraction of sp³-hybridized carbons (Fsp3) is 0.882. The number of hydrogen-bond acceptors (Lipinski definition) is 6. The number of guanidine groups is 1. The van der Waals surface area contributed by atoms with E-state index in [2.05, 4.69) is 20.9 Å². The van der Waals surface area contributed by atoms with Crippen molar-refractivity contribution in [2.75, 3.05) is 51.5 Å². The summed E-state index contributed by atoms with van der Waals surface area (Å²) >= 11 is 0. The number of rotatable bonds is 10. The van der Waals surface area contributed by atoms with Crippen molar-refractivity contribution < 1.29 is 22.7 Å². The summed E-state index contributed by atoms with van der Waals surface area (Å²) in [6, 6.07) is -0.255. The number of nitrogens with one attached hydrogen (secondary N) is 3. The fourth-order valence-electron chi connectivity index (χ4n) is 3.10.